The molecule has 0 aliphatic heterocycles. The third kappa shape index (κ3) is 5.80. The van der Waals surface area contributed by atoms with Crippen LogP contribution in [0, 0.1) is 5.41 Å². The molecule has 0 aromatic carbocycles. The van der Waals surface area contributed by atoms with Gasteiger partial charge in [-0.25, -0.2) is 0 Å². The fourth-order valence-electron chi connectivity index (χ4n) is 1.81. The van der Waals surface area contributed by atoms with Gasteiger partial charge in [0.25, 0.3) is 0 Å². The van der Waals surface area contributed by atoms with Gasteiger partial charge in [0.05, 0.1) is 0 Å². The molecular formula is C14H25N3. The summed E-state index contributed by atoms with van der Waals surface area (Å²) in [7, 11) is 2.16. The summed E-state index contributed by atoms with van der Waals surface area (Å²) < 4.78 is 0. The first-order chi connectivity index (χ1) is 8.03. The van der Waals surface area contributed by atoms with Crippen LogP contribution in [0.15, 0.2) is 24.5 Å². The Morgan fingerprint density at radius 1 is 1.29 bits per heavy atom. The number of aromatic nitrogens is 1. The van der Waals surface area contributed by atoms with E-state index in [4.69, 9.17) is 5.73 Å². The summed E-state index contributed by atoms with van der Waals surface area (Å²) in [5.41, 5.74) is 7.32. The fraction of sp³-hybridized carbons (Fsp3) is 0.643. The quantitative estimate of drug-likeness (QED) is 0.788. The van der Waals surface area contributed by atoms with Crippen LogP contribution in [-0.4, -0.2) is 30.0 Å². The van der Waals surface area contributed by atoms with Crippen LogP contribution in [0.1, 0.15) is 32.3 Å². The standard InChI is InChI=1S/C14H25N3/c1-14(2,12-15)7-4-10-17(3)11-13-5-8-16-9-6-13/h5-6,8-9H,4,7,10-12,15H2,1-3H3. The van der Waals surface area contributed by atoms with Crippen LogP contribution in [0.2, 0.25) is 0 Å². The predicted octanol–water partition coefficient (Wildman–Crippen LogP) is 2.28. The van der Waals surface area contributed by atoms with Crippen molar-refractivity contribution in [1.82, 2.24) is 9.88 Å². The SMILES string of the molecule is CN(CCCC(C)(C)CN)Cc1ccncc1. The van der Waals surface area contributed by atoms with Gasteiger partial charge in [-0.2, -0.15) is 0 Å². The number of hydrogen-bond donors (Lipinski definition) is 1. The zero-order valence-electron chi connectivity index (χ0n) is 11.3. The number of rotatable bonds is 7. The van der Waals surface area contributed by atoms with E-state index in [-0.39, 0.29) is 5.41 Å². The third-order valence-electron chi connectivity index (χ3n) is 3.15. The Balaban J connectivity index is 2.24. The van der Waals surface area contributed by atoms with E-state index in [1.165, 1.54) is 18.4 Å². The molecule has 96 valence electrons. The minimum atomic E-state index is 0.275. The Bertz CT molecular complexity index is 309. The molecule has 0 spiro atoms. The minimum Gasteiger partial charge on any atom is -0.330 e. The van der Waals surface area contributed by atoms with E-state index in [2.05, 4.69) is 42.9 Å². The molecule has 0 amide bonds. The molecule has 3 heteroatoms. The maximum atomic E-state index is 5.73. The molecular weight excluding hydrogens is 210 g/mol. The summed E-state index contributed by atoms with van der Waals surface area (Å²) in [5, 5.41) is 0. The molecule has 1 rings (SSSR count). The van der Waals surface area contributed by atoms with Gasteiger partial charge in [-0.15, -0.1) is 0 Å². The molecule has 0 radical (unpaired) electrons. The number of nitrogens with zero attached hydrogens (tertiary/aromatic N) is 2. The lowest BCUT2D eigenvalue weighted by molar-refractivity contribution is 0.273. The van der Waals surface area contributed by atoms with Gasteiger partial charge in [-0.05, 0) is 56.1 Å². The van der Waals surface area contributed by atoms with Crippen LogP contribution in [0.25, 0.3) is 0 Å². The maximum Gasteiger partial charge on any atom is 0.0271 e. The van der Waals surface area contributed by atoms with Crippen molar-refractivity contribution in [3.8, 4) is 0 Å². The van der Waals surface area contributed by atoms with Gasteiger partial charge in [0.15, 0.2) is 0 Å². The van der Waals surface area contributed by atoms with E-state index in [1.54, 1.807) is 0 Å². The van der Waals surface area contributed by atoms with Gasteiger partial charge in [-0.3, -0.25) is 4.98 Å². The van der Waals surface area contributed by atoms with E-state index >= 15 is 0 Å². The Morgan fingerprint density at radius 3 is 2.53 bits per heavy atom. The average molecular weight is 235 g/mol. The van der Waals surface area contributed by atoms with Crippen molar-refractivity contribution in [3.05, 3.63) is 30.1 Å². The smallest absolute Gasteiger partial charge is 0.0271 e. The molecule has 0 aliphatic rings. The molecule has 17 heavy (non-hydrogen) atoms. The van der Waals surface area contributed by atoms with E-state index in [0.717, 1.165) is 19.6 Å². The van der Waals surface area contributed by atoms with E-state index in [9.17, 15) is 0 Å². The van der Waals surface area contributed by atoms with Gasteiger partial charge in [0, 0.05) is 18.9 Å². The topological polar surface area (TPSA) is 42.1 Å². The first-order valence-corrected chi connectivity index (χ1v) is 6.31. The number of nitrogens with two attached hydrogens (primary N) is 1. The lowest BCUT2D eigenvalue weighted by Crippen LogP contribution is -2.26. The molecule has 0 fully saturated rings. The molecule has 1 aromatic heterocycles. The molecule has 2 N–H and O–H groups in total. The normalized spacial score (nSPS) is 12.1. The van der Waals surface area contributed by atoms with Gasteiger partial charge >= 0.3 is 0 Å². The van der Waals surface area contributed by atoms with E-state index in [1.807, 2.05) is 12.4 Å². The third-order valence-corrected chi connectivity index (χ3v) is 3.15. The maximum absolute atomic E-state index is 5.73. The summed E-state index contributed by atoms with van der Waals surface area (Å²) in [6.07, 6.45) is 6.08. The largest absolute Gasteiger partial charge is 0.330 e. The van der Waals surface area contributed by atoms with Crippen LogP contribution >= 0.6 is 0 Å². The number of hydrogen-bond acceptors (Lipinski definition) is 3. The van der Waals surface area contributed by atoms with Crippen LogP contribution in [0.3, 0.4) is 0 Å². The summed E-state index contributed by atoms with van der Waals surface area (Å²) in [4.78, 5) is 6.37. The second-order valence-electron chi connectivity index (χ2n) is 5.57. The Hall–Kier alpha value is -0.930. The van der Waals surface area contributed by atoms with Gasteiger partial charge in [0.1, 0.15) is 0 Å². The summed E-state index contributed by atoms with van der Waals surface area (Å²) in [6, 6.07) is 4.14. The molecule has 0 saturated heterocycles. The minimum absolute atomic E-state index is 0.275. The molecule has 0 bridgehead atoms. The molecule has 1 heterocycles. The van der Waals surface area contributed by atoms with Crippen molar-refractivity contribution >= 4 is 0 Å². The van der Waals surface area contributed by atoms with Crippen LogP contribution in [0.5, 0.6) is 0 Å². The van der Waals surface area contributed by atoms with E-state index in [0.29, 0.717) is 0 Å². The Labute approximate surface area is 105 Å². The zero-order valence-corrected chi connectivity index (χ0v) is 11.3. The fourth-order valence-corrected chi connectivity index (χ4v) is 1.81. The van der Waals surface area contributed by atoms with Crippen LogP contribution in [-0.2, 0) is 6.54 Å². The lowest BCUT2D eigenvalue weighted by atomic mass is 9.88. The molecule has 1 aromatic rings. The average Bonchev–Trinajstić information content (AvgIpc) is 2.30. The Morgan fingerprint density at radius 2 is 1.94 bits per heavy atom. The van der Waals surface area contributed by atoms with Crippen molar-refractivity contribution < 1.29 is 0 Å². The van der Waals surface area contributed by atoms with Crippen molar-refractivity contribution in [2.24, 2.45) is 11.1 Å². The lowest BCUT2D eigenvalue weighted by Gasteiger charge is -2.24. The van der Waals surface area contributed by atoms with Crippen molar-refractivity contribution in [2.75, 3.05) is 20.1 Å². The highest BCUT2D eigenvalue weighted by molar-refractivity contribution is 5.09. The Kier molecular flexibility index (Phi) is 5.59. The molecule has 0 aliphatic carbocycles. The summed E-state index contributed by atoms with van der Waals surface area (Å²) >= 11 is 0. The first kappa shape index (κ1) is 14.1. The van der Waals surface area contributed by atoms with Crippen molar-refractivity contribution in [3.63, 3.8) is 0 Å². The highest BCUT2D eigenvalue weighted by atomic mass is 15.1. The van der Waals surface area contributed by atoms with Gasteiger partial charge in [0.2, 0.25) is 0 Å². The van der Waals surface area contributed by atoms with E-state index < -0.39 is 0 Å². The molecule has 0 unspecified atom stereocenters. The predicted molar refractivity (Wildman–Crippen MR) is 72.6 cm³/mol. The van der Waals surface area contributed by atoms with Gasteiger partial charge < -0.3 is 10.6 Å². The highest BCUT2D eigenvalue weighted by Crippen LogP contribution is 2.20. The van der Waals surface area contributed by atoms with Crippen LogP contribution < -0.4 is 5.73 Å². The molecule has 0 atom stereocenters. The second-order valence-corrected chi connectivity index (χ2v) is 5.57. The second kappa shape index (κ2) is 6.72. The van der Waals surface area contributed by atoms with Gasteiger partial charge in [-0.1, -0.05) is 13.8 Å². The zero-order chi connectivity index (χ0) is 12.7. The van der Waals surface area contributed by atoms with Crippen molar-refractivity contribution in [1.29, 1.82) is 0 Å². The molecule has 3 nitrogen and oxygen atoms in total. The first-order valence-electron chi connectivity index (χ1n) is 6.31. The number of pyridine rings is 1. The van der Waals surface area contributed by atoms with Crippen LogP contribution in [0.4, 0.5) is 0 Å². The summed E-state index contributed by atoms with van der Waals surface area (Å²) in [6.45, 7) is 7.34. The van der Waals surface area contributed by atoms with Crippen molar-refractivity contribution in [2.45, 2.75) is 33.2 Å². The molecule has 0 saturated carbocycles. The highest BCUT2D eigenvalue weighted by Gasteiger charge is 2.14. The monoisotopic (exact) mass is 235 g/mol. The summed E-state index contributed by atoms with van der Waals surface area (Å²) in [5.74, 6) is 0.